The standard InChI is InChI=1S/C26H36N6O2/c1-18-9-8-10-21(19(18)2)30-13-15-31(16-14-30)24(25-27-28-29-32(25)26(3,4)5)20-11-12-22(33-6)23(17-20)34-7/h8-12,17,24H,13-16H2,1-7H3/t24-/m1/s1. The van der Waals surface area contributed by atoms with Crippen molar-refractivity contribution in [1.82, 2.24) is 25.1 Å². The zero-order chi connectivity index (χ0) is 24.5. The van der Waals surface area contributed by atoms with Crippen molar-refractivity contribution in [1.29, 1.82) is 0 Å². The van der Waals surface area contributed by atoms with Gasteiger partial charge in [-0.1, -0.05) is 18.2 Å². The Hall–Kier alpha value is -3.13. The average Bonchev–Trinajstić information content (AvgIpc) is 3.31. The number of methoxy groups -OCH3 is 2. The highest BCUT2D eigenvalue weighted by molar-refractivity contribution is 5.56. The Morgan fingerprint density at radius 1 is 0.912 bits per heavy atom. The highest BCUT2D eigenvalue weighted by Crippen LogP contribution is 2.36. The van der Waals surface area contributed by atoms with Crippen LogP contribution >= 0.6 is 0 Å². The summed E-state index contributed by atoms with van der Waals surface area (Å²) in [5.41, 5.74) is 4.84. The van der Waals surface area contributed by atoms with Crippen LogP contribution in [-0.4, -0.2) is 65.5 Å². The summed E-state index contributed by atoms with van der Waals surface area (Å²) in [5, 5.41) is 12.9. The highest BCUT2D eigenvalue weighted by atomic mass is 16.5. The Morgan fingerprint density at radius 2 is 1.62 bits per heavy atom. The minimum absolute atomic E-state index is 0.102. The molecule has 0 amide bonds. The summed E-state index contributed by atoms with van der Waals surface area (Å²) in [6, 6.07) is 12.5. The van der Waals surface area contributed by atoms with Gasteiger partial charge < -0.3 is 14.4 Å². The Balaban J connectivity index is 1.69. The fourth-order valence-corrected chi connectivity index (χ4v) is 4.69. The van der Waals surface area contributed by atoms with Gasteiger partial charge in [-0.3, -0.25) is 4.90 Å². The number of aryl methyl sites for hydroxylation is 1. The summed E-state index contributed by atoms with van der Waals surface area (Å²) < 4.78 is 13.0. The molecule has 1 atom stereocenters. The fraction of sp³-hybridized carbons (Fsp3) is 0.500. The molecule has 34 heavy (non-hydrogen) atoms. The maximum atomic E-state index is 5.62. The topological polar surface area (TPSA) is 68.5 Å². The number of benzene rings is 2. The van der Waals surface area contributed by atoms with E-state index in [1.54, 1.807) is 14.2 Å². The molecule has 0 aliphatic carbocycles. The Kier molecular flexibility index (Phi) is 6.79. The van der Waals surface area contributed by atoms with Gasteiger partial charge in [-0.25, -0.2) is 4.68 Å². The van der Waals surface area contributed by atoms with Crippen molar-refractivity contribution >= 4 is 5.69 Å². The molecule has 1 aromatic heterocycles. The molecule has 8 nitrogen and oxygen atoms in total. The second-order valence-corrected chi connectivity index (χ2v) is 9.88. The maximum absolute atomic E-state index is 5.62. The van der Waals surface area contributed by atoms with Crippen LogP contribution in [0.5, 0.6) is 11.5 Å². The molecule has 0 N–H and O–H groups in total. The van der Waals surface area contributed by atoms with Gasteiger partial charge >= 0.3 is 0 Å². The smallest absolute Gasteiger partial charge is 0.173 e. The summed E-state index contributed by atoms with van der Waals surface area (Å²) in [7, 11) is 3.32. The summed E-state index contributed by atoms with van der Waals surface area (Å²) in [6.07, 6.45) is 0. The Labute approximate surface area is 202 Å². The number of tetrazole rings is 1. The van der Waals surface area contributed by atoms with Crippen molar-refractivity contribution in [2.75, 3.05) is 45.3 Å². The lowest BCUT2D eigenvalue weighted by atomic mass is 10.0. The van der Waals surface area contributed by atoms with Crippen LogP contribution in [0.3, 0.4) is 0 Å². The van der Waals surface area contributed by atoms with Crippen LogP contribution < -0.4 is 14.4 Å². The quantitative estimate of drug-likeness (QED) is 0.547. The van der Waals surface area contributed by atoms with Gasteiger partial charge in [-0.15, -0.1) is 5.10 Å². The molecule has 0 radical (unpaired) electrons. The normalized spacial score (nSPS) is 15.9. The van der Waals surface area contributed by atoms with Crippen LogP contribution in [0.25, 0.3) is 0 Å². The first-order valence-electron chi connectivity index (χ1n) is 11.8. The number of hydrogen-bond donors (Lipinski definition) is 0. The van der Waals surface area contributed by atoms with Crippen molar-refractivity contribution < 1.29 is 9.47 Å². The van der Waals surface area contributed by atoms with Gasteiger partial charge in [0.05, 0.1) is 25.8 Å². The van der Waals surface area contributed by atoms with Crippen LogP contribution in [0.2, 0.25) is 0 Å². The Bertz CT molecular complexity index is 1130. The molecular weight excluding hydrogens is 428 g/mol. The van der Waals surface area contributed by atoms with E-state index >= 15 is 0 Å². The molecule has 2 heterocycles. The number of aromatic nitrogens is 4. The van der Waals surface area contributed by atoms with Gasteiger partial charge in [-0.2, -0.15) is 0 Å². The lowest BCUT2D eigenvalue weighted by Crippen LogP contribution is -2.49. The first kappa shape index (κ1) is 24.0. The maximum Gasteiger partial charge on any atom is 0.173 e. The summed E-state index contributed by atoms with van der Waals surface area (Å²) in [6.45, 7) is 14.4. The van der Waals surface area contributed by atoms with Crippen molar-refractivity contribution in [3.63, 3.8) is 0 Å². The van der Waals surface area contributed by atoms with Gasteiger partial charge in [0.2, 0.25) is 0 Å². The van der Waals surface area contributed by atoms with Gasteiger partial charge in [0, 0.05) is 31.9 Å². The molecule has 1 aliphatic rings. The molecule has 0 bridgehead atoms. The molecule has 1 saturated heterocycles. The summed E-state index contributed by atoms with van der Waals surface area (Å²) in [4.78, 5) is 4.95. The van der Waals surface area contributed by atoms with Gasteiger partial charge in [-0.05, 0) is 79.9 Å². The molecule has 182 valence electrons. The molecule has 1 aliphatic heterocycles. The minimum atomic E-state index is -0.242. The predicted octanol–water partition coefficient (Wildman–Crippen LogP) is 3.97. The van der Waals surface area contributed by atoms with Crippen LogP contribution in [0.15, 0.2) is 36.4 Å². The minimum Gasteiger partial charge on any atom is -0.493 e. The van der Waals surface area contributed by atoms with Gasteiger partial charge in [0.25, 0.3) is 0 Å². The molecule has 2 aromatic carbocycles. The van der Waals surface area contributed by atoms with E-state index in [-0.39, 0.29) is 11.6 Å². The summed E-state index contributed by atoms with van der Waals surface area (Å²) in [5.74, 6) is 2.24. The zero-order valence-electron chi connectivity index (χ0n) is 21.4. The first-order valence-corrected chi connectivity index (χ1v) is 11.8. The highest BCUT2D eigenvalue weighted by Gasteiger charge is 2.34. The van der Waals surface area contributed by atoms with Crippen LogP contribution in [0, 0.1) is 13.8 Å². The SMILES string of the molecule is COc1ccc([C@H](c2nnnn2C(C)(C)C)N2CCN(c3cccc(C)c3C)CC2)cc1OC. The third-order valence-electron chi connectivity index (χ3n) is 6.69. The summed E-state index contributed by atoms with van der Waals surface area (Å²) >= 11 is 0. The Morgan fingerprint density at radius 3 is 2.26 bits per heavy atom. The van der Waals surface area contributed by atoms with Crippen LogP contribution in [-0.2, 0) is 5.54 Å². The fourth-order valence-electron chi connectivity index (χ4n) is 4.69. The van der Waals surface area contributed by atoms with E-state index in [2.05, 4.69) is 84.2 Å². The monoisotopic (exact) mass is 464 g/mol. The van der Waals surface area contributed by atoms with E-state index in [1.165, 1.54) is 16.8 Å². The largest absolute Gasteiger partial charge is 0.493 e. The molecule has 0 saturated carbocycles. The number of rotatable bonds is 6. The number of piperazine rings is 1. The third-order valence-corrected chi connectivity index (χ3v) is 6.69. The van der Waals surface area contributed by atoms with E-state index in [0.717, 1.165) is 37.6 Å². The van der Waals surface area contributed by atoms with Crippen molar-refractivity contribution in [3.05, 3.63) is 58.9 Å². The second-order valence-electron chi connectivity index (χ2n) is 9.88. The van der Waals surface area contributed by atoms with E-state index in [4.69, 9.17) is 9.47 Å². The first-order chi connectivity index (χ1) is 16.2. The van der Waals surface area contributed by atoms with Crippen molar-refractivity contribution in [2.45, 2.75) is 46.2 Å². The van der Waals surface area contributed by atoms with E-state index in [0.29, 0.717) is 11.5 Å². The lowest BCUT2D eigenvalue weighted by molar-refractivity contribution is 0.191. The van der Waals surface area contributed by atoms with Crippen LogP contribution in [0.1, 0.15) is 49.3 Å². The van der Waals surface area contributed by atoms with E-state index in [9.17, 15) is 0 Å². The molecule has 3 aromatic rings. The second kappa shape index (κ2) is 9.62. The van der Waals surface area contributed by atoms with Gasteiger partial charge in [0.1, 0.15) is 0 Å². The number of anilines is 1. The van der Waals surface area contributed by atoms with E-state index in [1.807, 2.05) is 16.8 Å². The third kappa shape index (κ3) is 4.59. The van der Waals surface area contributed by atoms with Crippen LogP contribution in [0.4, 0.5) is 5.69 Å². The molecular formula is C26H36N6O2. The molecule has 0 unspecified atom stereocenters. The molecule has 4 rings (SSSR count). The predicted molar refractivity (Wildman–Crippen MR) is 134 cm³/mol. The number of hydrogen-bond acceptors (Lipinski definition) is 7. The zero-order valence-corrected chi connectivity index (χ0v) is 21.4. The molecule has 1 fully saturated rings. The van der Waals surface area contributed by atoms with Gasteiger partial charge in [0.15, 0.2) is 17.3 Å². The molecule has 8 heteroatoms. The average molecular weight is 465 g/mol. The number of nitrogens with zero attached hydrogens (tertiary/aromatic N) is 6. The van der Waals surface area contributed by atoms with E-state index < -0.39 is 0 Å². The molecule has 0 spiro atoms. The lowest BCUT2D eigenvalue weighted by Gasteiger charge is -2.41. The van der Waals surface area contributed by atoms with Crippen molar-refractivity contribution in [2.24, 2.45) is 0 Å². The number of ether oxygens (including phenoxy) is 2. The van der Waals surface area contributed by atoms with Crippen molar-refractivity contribution in [3.8, 4) is 11.5 Å².